The molecule has 0 saturated heterocycles. The van der Waals surface area contributed by atoms with Crippen molar-refractivity contribution in [2.24, 2.45) is 5.92 Å². The van der Waals surface area contributed by atoms with Gasteiger partial charge in [-0.2, -0.15) is 13.2 Å². The van der Waals surface area contributed by atoms with Crippen LogP contribution in [0.4, 0.5) is 13.2 Å². The number of aromatic carboxylic acids is 1. The Kier molecular flexibility index (Phi) is 2.88. The number of rotatable bonds is 3. The molecule has 0 heterocycles. The van der Waals surface area contributed by atoms with Crippen molar-refractivity contribution in [1.82, 2.24) is 0 Å². The number of alkyl halides is 3. The number of hydrogen-bond acceptors (Lipinski definition) is 2. The zero-order valence-electron chi connectivity index (χ0n) is 9.12. The number of carbonyl (C=O) groups is 2. The lowest BCUT2D eigenvalue weighted by molar-refractivity contribution is -0.137. The summed E-state index contributed by atoms with van der Waals surface area (Å²) in [6, 6.07) is 2.25. The van der Waals surface area contributed by atoms with Gasteiger partial charge in [0.25, 0.3) is 0 Å². The summed E-state index contributed by atoms with van der Waals surface area (Å²) in [6.07, 6.45) is -3.36. The molecule has 1 aromatic rings. The van der Waals surface area contributed by atoms with Gasteiger partial charge in [-0.05, 0) is 31.0 Å². The summed E-state index contributed by atoms with van der Waals surface area (Å²) in [7, 11) is 0. The molecule has 0 aromatic heterocycles. The van der Waals surface area contributed by atoms with Crippen LogP contribution in [0.25, 0.3) is 0 Å². The number of ketones is 1. The van der Waals surface area contributed by atoms with Crippen LogP contribution in [-0.2, 0) is 6.18 Å². The second kappa shape index (κ2) is 4.12. The fraction of sp³-hybridized carbons (Fsp3) is 0.333. The van der Waals surface area contributed by atoms with Crippen LogP contribution in [0.3, 0.4) is 0 Å². The summed E-state index contributed by atoms with van der Waals surface area (Å²) < 4.78 is 37.8. The number of benzene rings is 1. The van der Waals surface area contributed by atoms with Gasteiger partial charge in [0.1, 0.15) is 0 Å². The number of halogens is 3. The Balaban J connectivity index is 2.49. The molecule has 1 aliphatic carbocycles. The standard InChI is InChI=1S/C12H9F3O3/c13-12(14,15)9-4-7(10(16)6-1-2-6)3-8(5-9)11(17)18/h3-6H,1-2H2,(H,17,18). The third-order valence-corrected chi connectivity index (χ3v) is 2.74. The Morgan fingerprint density at radius 1 is 1.11 bits per heavy atom. The van der Waals surface area contributed by atoms with Crippen LogP contribution in [0.5, 0.6) is 0 Å². The largest absolute Gasteiger partial charge is 0.478 e. The van der Waals surface area contributed by atoms with E-state index in [0.29, 0.717) is 25.0 Å². The molecule has 0 unspecified atom stereocenters. The smallest absolute Gasteiger partial charge is 0.416 e. The molecule has 1 fully saturated rings. The first-order valence-corrected chi connectivity index (χ1v) is 5.29. The van der Waals surface area contributed by atoms with Crippen molar-refractivity contribution in [3.8, 4) is 0 Å². The van der Waals surface area contributed by atoms with E-state index in [2.05, 4.69) is 0 Å². The van der Waals surface area contributed by atoms with Gasteiger partial charge in [-0.15, -0.1) is 0 Å². The molecular weight excluding hydrogens is 249 g/mol. The maximum Gasteiger partial charge on any atom is 0.416 e. The van der Waals surface area contributed by atoms with Crippen LogP contribution >= 0.6 is 0 Å². The van der Waals surface area contributed by atoms with Crippen molar-refractivity contribution in [1.29, 1.82) is 0 Å². The van der Waals surface area contributed by atoms with E-state index in [1.807, 2.05) is 0 Å². The first-order chi connectivity index (χ1) is 8.29. The Morgan fingerprint density at radius 2 is 1.67 bits per heavy atom. The molecule has 2 rings (SSSR count). The Labute approximate surface area is 100 Å². The van der Waals surface area contributed by atoms with E-state index in [1.54, 1.807) is 0 Å². The van der Waals surface area contributed by atoms with Crippen LogP contribution in [0.1, 0.15) is 39.1 Å². The summed E-state index contributed by atoms with van der Waals surface area (Å²) in [4.78, 5) is 22.5. The molecular formula is C12H9F3O3. The first-order valence-electron chi connectivity index (χ1n) is 5.29. The van der Waals surface area contributed by atoms with Crippen LogP contribution in [0, 0.1) is 5.92 Å². The van der Waals surface area contributed by atoms with Crippen molar-refractivity contribution < 1.29 is 27.9 Å². The van der Waals surface area contributed by atoms with E-state index < -0.39 is 29.1 Å². The van der Waals surface area contributed by atoms with E-state index >= 15 is 0 Å². The Hall–Kier alpha value is -1.85. The molecule has 96 valence electrons. The lowest BCUT2D eigenvalue weighted by Crippen LogP contribution is -2.11. The highest BCUT2D eigenvalue weighted by Crippen LogP contribution is 2.35. The summed E-state index contributed by atoms with van der Waals surface area (Å²) in [5, 5.41) is 8.76. The van der Waals surface area contributed by atoms with Crippen LogP contribution in [-0.4, -0.2) is 16.9 Å². The van der Waals surface area contributed by atoms with Crippen LogP contribution in [0.2, 0.25) is 0 Å². The van der Waals surface area contributed by atoms with Gasteiger partial charge < -0.3 is 5.11 Å². The number of carboxylic acid groups (broad SMARTS) is 1. The maximum atomic E-state index is 12.6. The van der Waals surface area contributed by atoms with Crippen molar-refractivity contribution in [2.45, 2.75) is 19.0 Å². The van der Waals surface area contributed by atoms with Gasteiger partial charge in [-0.1, -0.05) is 0 Å². The molecule has 0 spiro atoms. The summed E-state index contributed by atoms with van der Waals surface area (Å²) in [5.74, 6) is -2.15. The molecule has 6 heteroatoms. The van der Waals surface area contributed by atoms with Crippen molar-refractivity contribution >= 4 is 11.8 Å². The van der Waals surface area contributed by atoms with Crippen molar-refractivity contribution in [3.63, 3.8) is 0 Å². The number of Topliss-reactive ketones (excluding diaryl/α,β-unsaturated/α-hetero) is 1. The lowest BCUT2D eigenvalue weighted by Gasteiger charge is -2.10. The number of carboxylic acids is 1. The fourth-order valence-corrected chi connectivity index (χ4v) is 1.64. The zero-order valence-corrected chi connectivity index (χ0v) is 9.12. The van der Waals surface area contributed by atoms with Gasteiger partial charge >= 0.3 is 12.1 Å². The second-order valence-corrected chi connectivity index (χ2v) is 4.24. The van der Waals surface area contributed by atoms with E-state index in [-0.39, 0.29) is 11.5 Å². The monoisotopic (exact) mass is 258 g/mol. The molecule has 3 nitrogen and oxygen atoms in total. The average Bonchev–Trinajstić information content (AvgIpc) is 3.10. The van der Waals surface area contributed by atoms with Gasteiger partial charge in [-0.3, -0.25) is 4.79 Å². The van der Waals surface area contributed by atoms with E-state index in [9.17, 15) is 22.8 Å². The SMILES string of the molecule is O=C(O)c1cc(C(=O)C2CC2)cc(C(F)(F)F)c1. The zero-order chi connectivity index (χ0) is 13.5. The summed E-state index contributed by atoms with van der Waals surface area (Å²) in [6.45, 7) is 0. The maximum absolute atomic E-state index is 12.6. The molecule has 0 atom stereocenters. The molecule has 1 saturated carbocycles. The van der Waals surface area contributed by atoms with Gasteiger partial charge in [0.05, 0.1) is 11.1 Å². The van der Waals surface area contributed by atoms with E-state index in [1.165, 1.54) is 0 Å². The molecule has 1 N–H and O–H groups in total. The molecule has 0 radical (unpaired) electrons. The minimum Gasteiger partial charge on any atom is -0.478 e. The lowest BCUT2D eigenvalue weighted by atomic mass is 10.0. The third kappa shape index (κ3) is 2.52. The van der Waals surface area contributed by atoms with Gasteiger partial charge in [0.15, 0.2) is 5.78 Å². The highest BCUT2D eigenvalue weighted by molar-refractivity contribution is 6.01. The summed E-state index contributed by atoms with van der Waals surface area (Å²) >= 11 is 0. The number of carbonyl (C=O) groups excluding carboxylic acids is 1. The highest BCUT2D eigenvalue weighted by atomic mass is 19.4. The normalized spacial score (nSPS) is 15.5. The molecule has 18 heavy (non-hydrogen) atoms. The minimum absolute atomic E-state index is 0.176. The van der Waals surface area contributed by atoms with Gasteiger partial charge in [-0.25, -0.2) is 4.79 Å². The summed E-state index contributed by atoms with van der Waals surface area (Å²) in [5.41, 5.74) is -1.80. The van der Waals surface area contributed by atoms with Crippen molar-refractivity contribution in [2.75, 3.05) is 0 Å². The second-order valence-electron chi connectivity index (χ2n) is 4.24. The predicted molar refractivity (Wildman–Crippen MR) is 55.5 cm³/mol. The van der Waals surface area contributed by atoms with Crippen molar-refractivity contribution in [3.05, 3.63) is 34.9 Å². The molecule has 1 aliphatic rings. The third-order valence-electron chi connectivity index (χ3n) is 2.74. The fourth-order valence-electron chi connectivity index (χ4n) is 1.64. The Bertz CT molecular complexity index is 516. The van der Waals surface area contributed by atoms with Crippen LogP contribution in [0.15, 0.2) is 18.2 Å². The number of hydrogen-bond donors (Lipinski definition) is 1. The van der Waals surface area contributed by atoms with Gasteiger partial charge in [0.2, 0.25) is 0 Å². The molecule has 0 aliphatic heterocycles. The van der Waals surface area contributed by atoms with E-state index in [4.69, 9.17) is 5.11 Å². The highest BCUT2D eigenvalue weighted by Gasteiger charge is 2.35. The first kappa shape index (κ1) is 12.6. The molecule has 1 aromatic carbocycles. The average molecular weight is 258 g/mol. The minimum atomic E-state index is -4.66. The predicted octanol–water partition coefficient (Wildman–Crippen LogP) is 3.00. The Morgan fingerprint density at radius 3 is 2.11 bits per heavy atom. The van der Waals surface area contributed by atoms with E-state index in [0.717, 1.165) is 6.07 Å². The van der Waals surface area contributed by atoms with Gasteiger partial charge in [0, 0.05) is 11.5 Å². The molecule has 0 amide bonds. The van der Waals surface area contributed by atoms with Crippen LogP contribution < -0.4 is 0 Å². The molecule has 0 bridgehead atoms. The quantitative estimate of drug-likeness (QED) is 0.848. The topological polar surface area (TPSA) is 54.4 Å².